The van der Waals surface area contributed by atoms with Crippen molar-refractivity contribution in [1.82, 2.24) is 10.2 Å². The fourth-order valence-corrected chi connectivity index (χ4v) is 6.37. The standard InChI is InChI=1S/C34H35Cl2N3O4S/c1-25(2)22-37-34(41)32(20-26-10-5-3-6-11-26)38(23-27-12-7-4-8-13-27)33(40)24-39(30-15-9-14-29(36)21-30)44(42,43)31-18-16-28(35)17-19-31/h3-19,21,25,32H,20,22-24H2,1-2H3,(H,37,41). The molecule has 0 spiro atoms. The molecule has 4 aromatic carbocycles. The third-order valence-corrected chi connectivity index (χ3v) is 9.20. The van der Waals surface area contributed by atoms with Gasteiger partial charge in [0.15, 0.2) is 0 Å². The van der Waals surface area contributed by atoms with Gasteiger partial charge in [0.2, 0.25) is 11.8 Å². The summed E-state index contributed by atoms with van der Waals surface area (Å²) in [6.07, 6.45) is 0.241. The molecule has 230 valence electrons. The van der Waals surface area contributed by atoms with Crippen LogP contribution in [-0.4, -0.2) is 44.3 Å². The first-order valence-corrected chi connectivity index (χ1v) is 16.4. The maximum Gasteiger partial charge on any atom is 0.264 e. The smallest absolute Gasteiger partial charge is 0.264 e. The zero-order chi connectivity index (χ0) is 31.7. The summed E-state index contributed by atoms with van der Waals surface area (Å²) < 4.78 is 29.1. The molecule has 10 heteroatoms. The lowest BCUT2D eigenvalue weighted by Gasteiger charge is -2.34. The molecular weight excluding hydrogens is 617 g/mol. The second-order valence-corrected chi connectivity index (χ2v) is 13.5. The van der Waals surface area contributed by atoms with Gasteiger partial charge < -0.3 is 10.2 Å². The zero-order valence-electron chi connectivity index (χ0n) is 24.6. The highest BCUT2D eigenvalue weighted by atomic mass is 35.5. The first kappa shape index (κ1) is 33.1. The second kappa shape index (κ2) is 15.2. The van der Waals surface area contributed by atoms with E-state index >= 15 is 0 Å². The maximum atomic E-state index is 14.4. The van der Waals surface area contributed by atoms with Gasteiger partial charge in [0.05, 0.1) is 10.6 Å². The Labute approximate surface area is 269 Å². The number of benzene rings is 4. The van der Waals surface area contributed by atoms with Gasteiger partial charge in [0, 0.05) is 29.6 Å². The van der Waals surface area contributed by atoms with E-state index in [-0.39, 0.29) is 35.4 Å². The molecular formula is C34H35Cl2N3O4S. The summed E-state index contributed by atoms with van der Waals surface area (Å²) in [6.45, 7) is 3.93. The summed E-state index contributed by atoms with van der Waals surface area (Å²) in [5.41, 5.74) is 1.87. The molecule has 0 bridgehead atoms. The van der Waals surface area contributed by atoms with Crippen molar-refractivity contribution in [2.24, 2.45) is 5.92 Å². The molecule has 1 unspecified atom stereocenters. The number of anilines is 1. The van der Waals surface area contributed by atoms with Crippen LogP contribution >= 0.6 is 23.2 Å². The molecule has 0 fully saturated rings. The predicted octanol–water partition coefficient (Wildman–Crippen LogP) is 6.60. The minimum atomic E-state index is -4.25. The van der Waals surface area contributed by atoms with Crippen molar-refractivity contribution < 1.29 is 18.0 Å². The molecule has 0 saturated carbocycles. The molecule has 0 aliphatic carbocycles. The second-order valence-electron chi connectivity index (χ2n) is 10.8. The van der Waals surface area contributed by atoms with Crippen molar-refractivity contribution in [1.29, 1.82) is 0 Å². The first-order valence-electron chi connectivity index (χ1n) is 14.2. The monoisotopic (exact) mass is 651 g/mol. The lowest BCUT2D eigenvalue weighted by atomic mass is 10.0. The number of amides is 2. The summed E-state index contributed by atoms with van der Waals surface area (Å²) in [5.74, 6) is -0.675. The number of nitrogens with zero attached hydrogens (tertiary/aromatic N) is 2. The maximum absolute atomic E-state index is 14.4. The minimum absolute atomic E-state index is 0.0419. The van der Waals surface area contributed by atoms with Crippen molar-refractivity contribution >= 4 is 50.7 Å². The number of carbonyl (C=O) groups is 2. The normalized spacial score (nSPS) is 12.0. The summed E-state index contributed by atoms with van der Waals surface area (Å²) in [4.78, 5) is 29.6. The van der Waals surface area contributed by atoms with E-state index in [1.165, 1.54) is 35.2 Å². The predicted molar refractivity (Wildman–Crippen MR) is 176 cm³/mol. The van der Waals surface area contributed by atoms with E-state index in [2.05, 4.69) is 5.32 Å². The van der Waals surface area contributed by atoms with E-state index in [0.717, 1.165) is 15.4 Å². The van der Waals surface area contributed by atoms with Gasteiger partial charge in [-0.15, -0.1) is 0 Å². The van der Waals surface area contributed by atoms with E-state index in [4.69, 9.17) is 23.2 Å². The van der Waals surface area contributed by atoms with Crippen molar-refractivity contribution in [3.8, 4) is 0 Å². The van der Waals surface area contributed by atoms with Crippen LogP contribution in [0.2, 0.25) is 10.0 Å². The van der Waals surface area contributed by atoms with Gasteiger partial charge >= 0.3 is 0 Å². The summed E-state index contributed by atoms with van der Waals surface area (Å²) >= 11 is 12.3. The van der Waals surface area contributed by atoms with Crippen LogP contribution < -0.4 is 9.62 Å². The van der Waals surface area contributed by atoms with Crippen LogP contribution in [0.3, 0.4) is 0 Å². The fraction of sp³-hybridized carbons (Fsp3) is 0.235. The Morgan fingerprint density at radius 2 is 1.39 bits per heavy atom. The molecule has 0 aliphatic heterocycles. The topological polar surface area (TPSA) is 86.8 Å². The molecule has 0 heterocycles. The molecule has 4 aromatic rings. The molecule has 4 rings (SSSR count). The van der Waals surface area contributed by atoms with Crippen molar-refractivity contribution in [3.63, 3.8) is 0 Å². The average molecular weight is 653 g/mol. The SMILES string of the molecule is CC(C)CNC(=O)C(Cc1ccccc1)N(Cc1ccccc1)C(=O)CN(c1cccc(Cl)c1)S(=O)(=O)c1ccc(Cl)cc1. The van der Waals surface area contributed by atoms with Crippen molar-refractivity contribution in [2.75, 3.05) is 17.4 Å². The van der Waals surface area contributed by atoms with E-state index in [1.807, 2.05) is 74.5 Å². The number of hydrogen-bond acceptors (Lipinski definition) is 4. The van der Waals surface area contributed by atoms with Crippen molar-refractivity contribution in [3.05, 3.63) is 130 Å². The quantitative estimate of drug-likeness (QED) is 0.176. The Morgan fingerprint density at radius 1 is 0.773 bits per heavy atom. The van der Waals surface area contributed by atoms with E-state index in [0.29, 0.717) is 16.6 Å². The van der Waals surface area contributed by atoms with Crippen LogP contribution in [0.5, 0.6) is 0 Å². The zero-order valence-corrected chi connectivity index (χ0v) is 26.9. The van der Waals surface area contributed by atoms with E-state index in [1.54, 1.807) is 18.2 Å². The van der Waals surface area contributed by atoms with E-state index < -0.39 is 28.5 Å². The number of hydrogen-bond donors (Lipinski definition) is 1. The molecule has 0 aromatic heterocycles. The Bertz CT molecular complexity index is 1650. The Balaban J connectivity index is 1.78. The molecule has 2 amide bonds. The van der Waals surface area contributed by atoms with Gasteiger partial charge in [0.1, 0.15) is 12.6 Å². The van der Waals surface area contributed by atoms with E-state index in [9.17, 15) is 18.0 Å². The molecule has 0 saturated heterocycles. The largest absolute Gasteiger partial charge is 0.354 e. The van der Waals surface area contributed by atoms with Gasteiger partial charge in [-0.3, -0.25) is 13.9 Å². The van der Waals surface area contributed by atoms with Gasteiger partial charge in [0.25, 0.3) is 10.0 Å². The van der Waals surface area contributed by atoms with Crippen LogP contribution in [-0.2, 0) is 32.6 Å². The van der Waals surface area contributed by atoms with Crippen LogP contribution in [0.4, 0.5) is 5.69 Å². The number of nitrogens with one attached hydrogen (secondary N) is 1. The van der Waals surface area contributed by atoms with Gasteiger partial charge in [-0.25, -0.2) is 8.42 Å². The molecule has 0 radical (unpaired) electrons. The van der Waals surface area contributed by atoms with Gasteiger partial charge in [-0.05, 0) is 59.5 Å². The van der Waals surface area contributed by atoms with Gasteiger partial charge in [-0.2, -0.15) is 0 Å². The number of halogens is 2. The summed E-state index contributed by atoms with van der Waals surface area (Å²) in [5, 5.41) is 3.67. The van der Waals surface area contributed by atoms with Crippen LogP contribution in [0.1, 0.15) is 25.0 Å². The Hall–Kier alpha value is -3.85. The average Bonchev–Trinajstić information content (AvgIpc) is 3.01. The first-order chi connectivity index (χ1) is 21.0. The molecule has 1 atom stereocenters. The lowest BCUT2D eigenvalue weighted by Crippen LogP contribution is -2.53. The molecule has 0 aliphatic rings. The molecule has 1 N–H and O–H groups in total. The Kier molecular flexibility index (Phi) is 11.4. The third-order valence-electron chi connectivity index (χ3n) is 6.93. The number of rotatable bonds is 13. The van der Waals surface area contributed by atoms with Crippen LogP contribution in [0, 0.1) is 5.92 Å². The minimum Gasteiger partial charge on any atom is -0.354 e. The Morgan fingerprint density at radius 3 is 1.98 bits per heavy atom. The number of sulfonamides is 1. The summed E-state index contributed by atoms with van der Waals surface area (Å²) in [7, 11) is -4.25. The van der Waals surface area contributed by atoms with Crippen LogP contribution in [0.15, 0.2) is 114 Å². The lowest BCUT2D eigenvalue weighted by molar-refractivity contribution is -0.140. The summed E-state index contributed by atoms with van der Waals surface area (Å²) in [6, 6.07) is 29.9. The van der Waals surface area contributed by atoms with Crippen LogP contribution in [0.25, 0.3) is 0 Å². The molecule has 7 nitrogen and oxygen atoms in total. The highest BCUT2D eigenvalue weighted by Crippen LogP contribution is 2.28. The molecule has 44 heavy (non-hydrogen) atoms. The fourth-order valence-electron chi connectivity index (χ4n) is 4.65. The highest BCUT2D eigenvalue weighted by Gasteiger charge is 2.34. The van der Waals surface area contributed by atoms with Crippen molar-refractivity contribution in [2.45, 2.75) is 37.8 Å². The highest BCUT2D eigenvalue weighted by molar-refractivity contribution is 7.92. The van der Waals surface area contributed by atoms with Gasteiger partial charge in [-0.1, -0.05) is 104 Å². The third kappa shape index (κ3) is 8.85. The number of carbonyl (C=O) groups excluding carboxylic acids is 2.